The van der Waals surface area contributed by atoms with Gasteiger partial charge in [-0.25, -0.2) is 0 Å². The Balaban J connectivity index is 1.97. The molecule has 1 fully saturated rings. The van der Waals surface area contributed by atoms with E-state index in [-0.39, 0.29) is 6.10 Å². The largest absolute Gasteiger partial charge is 0.472 e. The molecule has 2 rings (SSSR count). The standard InChI is InChI=1S/C10H15ClN2OS/c1-6-3-7(2)5-8(4-6)14-10-9(11)12-15-13-10/h6-8H,3-5H2,1-2H3. The molecule has 0 N–H and O–H groups in total. The molecule has 2 unspecified atom stereocenters. The van der Waals surface area contributed by atoms with Crippen LogP contribution in [0.3, 0.4) is 0 Å². The van der Waals surface area contributed by atoms with Gasteiger partial charge in [-0.1, -0.05) is 25.4 Å². The molecular formula is C10H15ClN2OS. The molecule has 1 saturated carbocycles. The molecule has 0 bridgehead atoms. The average Bonchev–Trinajstić information content (AvgIpc) is 2.50. The van der Waals surface area contributed by atoms with Crippen LogP contribution < -0.4 is 4.74 Å². The molecule has 0 saturated heterocycles. The Morgan fingerprint density at radius 1 is 1.20 bits per heavy atom. The third-order valence-corrected chi connectivity index (χ3v) is 3.69. The Labute approximate surface area is 99.1 Å². The second-order valence-corrected chi connectivity index (χ2v) is 5.40. The highest BCUT2D eigenvalue weighted by molar-refractivity contribution is 6.99. The van der Waals surface area contributed by atoms with Crippen LogP contribution >= 0.6 is 23.3 Å². The highest BCUT2D eigenvalue weighted by Crippen LogP contribution is 2.32. The van der Waals surface area contributed by atoms with E-state index < -0.39 is 0 Å². The number of aromatic nitrogens is 2. The van der Waals surface area contributed by atoms with Crippen molar-refractivity contribution in [2.24, 2.45) is 11.8 Å². The summed E-state index contributed by atoms with van der Waals surface area (Å²) >= 11 is 6.94. The minimum absolute atomic E-state index is 0.255. The van der Waals surface area contributed by atoms with E-state index in [1.54, 1.807) is 0 Å². The summed E-state index contributed by atoms with van der Waals surface area (Å²) in [5.41, 5.74) is 0. The highest BCUT2D eigenvalue weighted by Gasteiger charge is 2.26. The van der Waals surface area contributed by atoms with E-state index >= 15 is 0 Å². The van der Waals surface area contributed by atoms with Gasteiger partial charge in [0.05, 0.1) is 11.7 Å². The number of halogens is 1. The zero-order valence-corrected chi connectivity index (χ0v) is 10.5. The van der Waals surface area contributed by atoms with Gasteiger partial charge in [0.1, 0.15) is 6.10 Å². The van der Waals surface area contributed by atoms with Crippen LogP contribution in [0.5, 0.6) is 5.88 Å². The maximum absolute atomic E-state index is 5.84. The zero-order valence-electron chi connectivity index (χ0n) is 8.94. The third kappa shape index (κ3) is 2.82. The molecule has 1 aromatic rings. The minimum Gasteiger partial charge on any atom is -0.472 e. The van der Waals surface area contributed by atoms with Crippen LogP contribution in [-0.4, -0.2) is 14.9 Å². The van der Waals surface area contributed by atoms with E-state index in [1.807, 2.05) is 0 Å². The minimum atomic E-state index is 0.255. The quantitative estimate of drug-likeness (QED) is 0.802. The maximum Gasteiger partial charge on any atom is 0.265 e. The van der Waals surface area contributed by atoms with Crippen LogP contribution in [0, 0.1) is 11.8 Å². The summed E-state index contributed by atoms with van der Waals surface area (Å²) in [5, 5.41) is 0.394. The number of ether oxygens (including phenoxy) is 1. The van der Waals surface area contributed by atoms with Crippen molar-refractivity contribution in [1.82, 2.24) is 8.75 Å². The molecule has 15 heavy (non-hydrogen) atoms. The van der Waals surface area contributed by atoms with Crippen molar-refractivity contribution in [1.29, 1.82) is 0 Å². The third-order valence-electron chi connectivity index (χ3n) is 2.83. The molecule has 1 aliphatic rings. The van der Waals surface area contributed by atoms with Gasteiger partial charge in [-0.05, 0) is 31.1 Å². The first kappa shape index (κ1) is 11.1. The van der Waals surface area contributed by atoms with Crippen LogP contribution in [-0.2, 0) is 0 Å². The lowest BCUT2D eigenvalue weighted by atomic mass is 9.82. The molecule has 1 aliphatic carbocycles. The number of hydrogen-bond acceptors (Lipinski definition) is 4. The predicted molar refractivity (Wildman–Crippen MR) is 61.5 cm³/mol. The summed E-state index contributed by atoms with van der Waals surface area (Å²) < 4.78 is 13.7. The van der Waals surface area contributed by atoms with Crippen molar-refractivity contribution in [3.8, 4) is 5.88 Å². The molecule has 0 aromatic carbocycles. The Morgan fingerprint density at radius 3 is 2.40 bits per heavy atom. The molecule has 3 nitrogen and oxygen atoms in total. The number of nitrogens with zero attached hydrogens (tertiary/aromatic N) is 2. The lowest BCUT2D eigenvalue weighted by Crippen LogP contribution is -2.28. The molecule has 1 aromatic heterocycles. The normalized spacial score (nSPS) is 31.5. The van der Waals surface area contributed by atoms with E-state index in [4.69, 9.17) is 16.3 Å². The van der Waals surface area contributed by atoms with E-state index in [0.29, 0.717) is 11.0 Å². The van der Waals surface area contributed by atoms with E-state index in [1.165, 1.54) is 6.42 Å². The number of rotatable bonds is 2. The second kappa shape index (κ2) is 4.66. The molecule has 0 aliphatic heterocycles. The topological polar surface area (TPSA) is 35.0 Å². The molecule has 1 heterocycles. The van der Waals surface area contributed by atoms with Crippen molar-refractivity contribution in [2.45, 2.75) is 39.2 Å². The monoisotopic (exact) mass is 246 g/mol. The SMILES string of the molecule is CC1CC(C)CC(Oc2nsnc2Cl)C1. The Kier molecular flexibility index (Phi) is 3.46. The average molecular weight is 247 g/mol. The fourth-order valence-electron chi connectivity index (χ4n) is 2.37. The van der Waals surface area contributed by atoms with Gasteiger partial charge < -0.3 is 4.74 Å². The lowest BCUT2D eigenvalue weighted by molar-refractivity contribution is 0.0976. The molecule has 0 radical (unpaired) electrons. The van der Waals surface area contributed by atoms with Crippen LogP contribution in [0.1, 0.15) is 33.1 Å². The van der Waals surface area contributed by atoms with E-state index in [9.17, 15) is 0 Å². The van der Waals surface area contributed by atoms with Crippen LogP contribution in [0.4, 0.5) is 0 Å². The van der Waals surface area contributed by atoms with Crippen molar-refractivity contribution < 1.29 is 4.74 Å². The van der Waals surface area contributed by atoms with Gasteiger partial charge in [-0.3, -0.25) is 0 Å². The van der Waals surface area contributed by atoms with Gasteiger partial charge >= 0.3 is 0 Å². The summed E-state index contributed by atoms with van der Waals surface area (Å²) in [5.74, 6) is 1.96. The fraction of sp³-hybridized carbons (Fsp3) is 0.800. The zero-order chi connectivity index (χ0) is 10.8. The summed E-state index contributed by atoms with van der Waals surface area (Å²) in [4.78, 5) is 0. The highest BCUT2D eigenvalue weighted by atomic mass is 35.5. The summed E-state index contributed by atoms with van der Waals surface area (Å²) in [6.07, 6.45) is 3.74. The van der Waals surface area contributed by atoms with E-state index in [0.717, 1.165) is 36.4 Å². The Bertz CT molecular complexity index is 321. The van der Waals surface area contributed by atoms with Gasteiger partial charge in [-0.15, -0.1) is 4.37 Å². The van der Waals surface area contributed by atoms with Crippen molar-refractivity contribution >= 4 is 23.3 Å². The Morgan fingerprint density at radius 2 is 1.87 bits per heavy atom. The first-order chi connectivity index (χ1) is 7.15. The van der Waals surface area contributed by atoms with Crippen molar-refractivity contribution in [3.63, 3.8) is 0 Å². The smallest absolute Gasteiger partial charge is 0.265 e. The summed E-state index contributed by atoms with van der Waals surface area (Å²) in [6, 6.07) is 0. The first-order valence-electron chi connectivity index (χ1n) is 5.30. The van der Waals surface area contributed by atoms with Crippen molar-refractivity contribution in [2.75, 3.05) is 0 Å². The second-order valence-electron chi connectivity index (χ2n) is 4.52. The molecule has 5 heteroatoms. The van der Waals surface area contributed by atoms with Gasteiger partial charge in [0.2, 0.25) is 5.15 Å². The van der Waals surface area contributed by atoms with Crippen LogP contribution in [0.25, 0.3) is 0 Å². The summed E-state index contributed by atoms with van der Waals surface area (Å²) in [7, 11) is 0. The molecule has 0 spiro atoms. The fourth-order valence-corrected chi connectivity index (χ4v) is 2.99. The van der Waals surface area contributed by atoms with Gasteiger partial charge in [0, 0.05) is 0 Å². The summed E-state index contributed by atoms with van der Waals surface area (Å²) in [6.45, 7) is 4.54. The molecule has 0 amide bonds. The van der Waals surface area contributed by atoms with Gasteiger partial charge in [-0.2, -0.15) is 4.37 Å². The van der Waals surface area contributed by atoms with Gasteiger partial charge in [0.15, 0.2) is 0 Å². The molecule has 2 atom stereocenters. The van der Waals surface area contributed by atoms with Crippen molar-refractivity contribution in [3.05, 3.63) is 5.15 Å². The van der Waals surface area contributed by atoms with Gasteiger partial charge in [0.25, 0.3) is 5.88 Å². The number of hydrogen-bond donors (Lipinski definition) is 0. The van der Waals surface area contributed by atoms with E-state index in [2.05, 4.69) is 22.6 Å². The first-order valence-corrected chi connectivity index (χ1v) is 6.40. The maximum atomic E-state index is 5.84. The Hall–Kier alpha value is -0.350. The van der Waals surface area contributed by atoms with Crippen LogP contribution in [0.2, 0.25) is 5.15 Å². The lowest BCUT2D eigenvalue weighted by Gasteiger charge is -2.30. The van der Waals surface area contributed by atoms with Crippen LogP contribution in [0.15, 0.2) is 0 Å². The molecule has 84 valence electrons. The molecular weight excluding hydrogens is 232 g/mol. The predicted octanol–water partition coefficient (Wildman–Crippen LogP) is 3.40.